The predicted molar refractivity (Wildman–Crippen MR) is 114 cm³/mol. The second kappa shape index (κ2) is 6.62. The third kappa shape index (κ3) is 2.84. The average molecular weight is 377 g/mol. The van der Waals surface area contributed by atoms with Crippen LogP contribution in [0.3, 0.4) is 0 Å². The molecule has 0 radical (unpaired) electrons. The summed E-state index contributed by atoms with van der Waals surface area (Å²) in [7, 11) is 1.58. The van der Waals surface area contributed by atoms with Gasteiger partial charge in [0.25, 0.3) is 0 Å². The molecule has 0 aliphatic carbocycles. The molecule has 0 bridgehead atoms. The number of allylic oxidation sites excluding steroid dienone is 1. The zero-order valence-electron chi connectivity index (χ0n) is 17.0. The Morgan fingerprint density at radius 3 is 2.75 bits per heavy atom. The zero-order chi connectivity index (χ0) is 20.1. The highest BCUT2D eigenvalue weighted by Crippen LogP contribution is 2.45. The molecule has 0 fully saturated rings. The van der Waals surface area contributed by atoms with Gasteiger partial charge in [0.05, 0.1) is 12.7 Å². The Morgan fingerprint density at radius 2 is 2.04 bits per heavy atom. The molecule has 28 heavy (non-hydrogen) atoms. The molecule has 0 aromatic heterocycles. The average Bonchev–Trinajstić information content (AvgIpc) is 2.64. The maximum absolute atomic E-state index is 10.3. The highest BCUT2D eigenvalue weighted by molar-refractivity contribution is 5.85. The standard InChI is InChI=1S/C24H27NO3/c1-6-7-8-18-21-15(22-19(28-18)12-11-17(26)23(22)27-5)9-10-16-20(21)14(2)13-24(3,4)25-16/h6,9-12,25-26H,1,7-8,13H2,2-5H3. The van der Waals surface area contributed by atoms with E-state index in [1.807, 2.05) is 6.08 Å². The number of nitrogens with one attached hydrogen (secondary N) is 1. The summed E-state index contributed by atoms with van der Waals surface area (Å²) < 4.78 is 11.9. The topological polar surface area (TPSA) is 50.7 Å². The largest absolute Gasteiger partial charge is 0.504 e. The van der Waals surface area contributed by atoms with Gasteiger partial charge in [-0.25, -0.2) is 0 Å². The predicted octanol–water partition coefficient (Wildman–Crippen LogP) is 4.30. The summed E-state index contributed by atoms with van der Waals surface area (Å²) in [6.07, 6.45) is 4.47. The van der Waals surface area contributed by atoms with E-state index in [4.69, 9.17) is 9.47 Å². The molecule has 0 atom stereocenters. The molecular formula is C24H27NO3. The smallest absolute Gasteiger partial charge is 0.172 e. The van der Waals surface area contributed by atoms with Gasteiger partial charge >= 0.3 is 0 Å². The number of phenolic OH excluding ortho intramolecular Hbond substituents is 1. The number of fused-ring (bicyclic) bond motifs is 5. The lowest BCUT2D eigenvalue weighted by Gasteiger charge is -2.34. The Kier molecular flexibility index (Phi) is 4.37. The van der Waals surface area contributed by atoms with Crippen molar-refractivity contribution in [2.45, 2.75) is 45.6 Å². The molecule has 2 heterocycles. The van der Waals surface area contributed by atoms with Gasteiger partial charge in [-0.15, -0.1) is 6.58 Å². The van der Waals surface area contributed by atoms with Crippen LogP contribution >= 0.6 is 0 Å². The Labute approximate surface area is 165 Å². The molecule has 0 amide bonds. The third-order valence-corrected chi connectivity index (χ3v) is 5.47. The second-order valence-electron chi connectivity index (χ2n) is 8.22. The lowest BCUT2D eigenvalue weighted by molar-refractivity contribution is 0.371. The molecule has 2 N–H and O–H groups in total. The Hall–Kier alpha value is -2.88. The van der Waals surface area contributed by atoms with Gasteiger partial charge in [0.1, 0.15) is 11.5 Å². The van der Waals surface area contributed by atoms with Gasteiger partial charge in [-0.3, -0.25) is 0 Å². The van der Waals surface area contributed by atoms with Crippen molar-refractivity contribution >= 4 is 17.0 Å². The van der Waals surface area contributed by atoms with Crippen molar-refractivity contribution in [2.75, 3.05) is 12.4 Å². The first-order valence-corrected chi connectivity index (χ1v) is 9.69. The second-order valence-corrected chi connectivity index (χ2v) is 8.22. The summed E-state index contributed by atoms with van der Waals surface area (Å²) in [5.41, 5.74) is 4.30. The highest BCUT2D eigenvalue weighted by Gasteiger charge is 2.29. The fourth-order valence-corrected chi connectivity index (χ4v) is 4.50. The summed E-state index contributed by atoms with van der Waals surface area (Å²) in [6, 6.07) is 7.66. The lowest BCUT2D eigenvalue weighted by atomic mass is 9.86. The number of aromatic hydroxyl groups is 1. The SMILES string of the molecule is C=CCCC1=c2c(ccc3c2=C(C)CC(C)(C)N3)-c2c(ccc(O)c2OC)O1. The van der Waals surface area contributed by atoms with E-state index in [9.17, 15) is 5.11 Å². The van der Waals surface area contributed by atoms with Crippen LogP contribution in [0.5, 0.6) is 17.2 Å². The van der Waals surface area contributed by atoms with Crippen LogP contribution in [0.15, 0.2) is 36.9 Å². The minimum Gasteiger partial charge on any atom is -0.504 e. The van der Waals surface area contributed by atoms with Crippen molar-refractivity contribution in [1.82, 2.24) is 0 Å². The monoisotopic (exact) mass is 377 g/mol. The first kappa shape index (κ1) is 18.5. The maximum atomic E-state index is 10.3. The number of benzene rings is 2. The molecule has 2 aromatic carbocycles. The first-order chi connectivity index (χ1) is 13.4. The molecule has 2 aliphatic heterocycles. The van der Waals surface area contributed by atoms with E-state index in [1.165, 1.54) is 10.8 Å². The quantitative estimate of drug-likeness (QED) is 0.780. The van der Waals surface area contributed by atoms with Gasteiger partial charge in [0, 0.05) is 33.6 Å². The van der Waals surface area contributed by atoms with Crippen LogP contribution in [-0.4, -0.2) is 17.8 Å². The maximum Gasteiger partial charge on any atom is 0.172 e. The van der Waals surface area contributed by atoms with Gasteiger partial charge in [0.2, 0.25) is 0 Å². The highest BCUT2D eigenvalue weighted by atomic mass is 16.5. The van der Waals surface area contributed by atoms with Crippen molar-refractivity contribution in [3.05, 3.63) is 47.4 Å². The van der Waals surface area contributed by atoms with Gasteiger partial charge in [0.15, 0.2) is 11.5 Å². The number of rotatable bonds is 4. The Balaban J connectivity index is 2.12. The molecule has 2 aromatic rings. The summed E-state index contributed by atoms with van der Waals surface area (Å²) in [4.78, 5) is 0. The molecule has 146 valence electrons. The van der Waals surface area contributed by atoms with E-state index in [2.05, 4.69) is 44.8 Å². The van der Waals surface area contributed by atoms with E-state index in [0.29, 0.717) is 11.5 Å². The van der Waals surface area contributed by atoms with E-state index in [0.717, 1.165) is 47.1 Å². The van der Waals surface area contributed by atoms with E-state index < -0.39 is 0 Å². The number of methoxy groups -OCH3 is 1. The fourth-order valence-electron chi connectivity index (χ4n) is 4.50. The Morgan fingerprint density at radius 1 is 1.25 bits per heavy atom. The van der Waals surface area contributed by atoms with Crippen LogP contribution in [0.25, 0.3) is 22.5 Å². The minimum atomic E-state index is 0.00991. The number of hydrogen-bond donors (Lipinski definition) is 2. The van der Waals surface area contributed by atoms with Crippen molar-refractivity contribution < 1.29 is 14.6 Å². The molecule has 4 nitrogen and oxygen atoms in total. The zero-order valence-corrected chi connectivity index (χ0v) is 17.0. The molecule has 2 aliphatic rings. The number of ether oxygens (including phenoxy) is 2. The van der Waals surface area contributed by atoms with Crippen LogP contribution in [0.2, 0.25) is 0 Å². The molecule has 0 unspecified atom stereocenters. The van der Waals surface area contributed by atoms with Crippen LogP contribution in [0, 0.1) is 0 Å². The summed E-state index contributed by atoms with van der Waals surface area (Å²) in [5, 5.41) is 16.3. The first-order valence-electron chi connectivity index (χ1n) is 9.69. The van der Waals surface area contributed by atoms with Crippen molar-refractivity contribution in [2.24, 2.45) is 0 Å². The molecule has 0 spiro atoms. The normalized spacial score (nSPS) is 16.3. The summed E-state index contributed by atoms with van der Waals surface area (Å²) in [6.45, 7) is 10.5. The van der Waals surface area contributed by atoms with Gasteiger partial charge in [-0.1, -0.05) is 17.7 Å². The van der Waals surface area contributed by atoms with E-state index >= 15 is 0 Å². The van der Waals surface area contributed by atoms with Crippen LogP contribution < -0.4 is 25.2 Å². The third-order valence-electron chi connectivity index (χ3n) is 5.47. The minimum absolute atomic E-state index is 0.00991. The van der Waals surface area contributed by atoms with Gasteiger partial charge in [-0.05, 0) is 51.8 Å². The molecule has 0 saturated carbocycles. The van der Waals surface area contributed by atoms with E-state index in [1.54, 1.807) is 19.2 Å². The van der Waals surface area contributed by atoms with Crippen LogP contribution in [0.4, 0.5) is 5.69 Å². The lowest BCUT2D eigenvalue weighted by Crippen LogP contribution is -2.45. The van der Waals surface area contributed by atoms with E-state index in [-0.39, 0.29) is 11.3 Å². The van der Waals surface area contributed by atoms with Crippen molar-refractivity contribution in [3.8, 4) is 28.4 Å². The summed E-state index contributed by atoms with van der Waals surface area (Å²) >= 11 is 0. The van der Waals surface area contributed by atoms with Gasteiger partial charge < -0.3 is 19.9 Å². The van der Waals surface area contributed by atoms with Gasteiger partial charge in [-0.2, -0.15) is 0 Å². The molecular weight excluding hydrogens is 350 g/mol. The number of anilines is 1. The van der Waals surface area contributed by atoms with Crippen LogP contribution in [0.1, 0.15) is 40.0 Å². The summed E-state index contributed by atoms with van der Waals surface area (Å²) in [5.74, 6) is 2.21. The number of phenols is 1. The number of hydrogen-bond acceptors (Lipinski definition) is 4. The van der Waals surface area contributed by atoms with Crippen molar-refractivity contribution in [3.63, 3.8) is 0 Å². The van der Waals surface area contributed by atoms with Crippen LogP contribution in [-0.2, 0) is 0 Å². The van der Waals surface area contributed by atoms with Crippen molar-refractivity contribution in [1.29, 1.82) is 0 Å². The molecule has 4 rings (SSSR count). The Bertz CT molecular complexity index is 1100. The molecule has 0 saturated heterocycles. The molecule has 4 heteroatoms. The fraction of sp³-hybridized carbons (Fsp3) is 0.333.